The predicted molar refractivity (Wildman–Crippen MR) is 201 cm³/mol. The second-order valence-electron chi connectivity index (χ2n) is 14.9. The van der Waals surface area contributed by atoms with Crippen LogP contribution in [-0.2, 0) is 0 Å². The quantitative estimate of drug-likeness (QED) is 0.0612. The SMILES string of the molecule is CCCCCCCCCCCCCCC(CCCCCCCCCCCCCC)CCCCCCCCCCCCCC. The topological polar surface area (TPSA) is 0 Å². The third-order valence-corrected chi connectivity index (χ3v) is 10.4. The van der Waals surface area contributed by atoms with E-state index in [0.717, 1.165) is 5.92 Å². The smallest absolute Gasteiger partial charge is 0.0414 e. The molecule has 0 saturated heterocycles. The van der Waals surface area contributed by atoms with Crippen LogP contribution >= 0.6 is 0 Å². The Morgan fingerprint density at radius 2 is 0.326 bits per heavy atom. The van der Waals surface area contributed by atoms with Gasteiger partial charge in [0.25, 0.3) is 0 Å². The fourth-order valence-corrected chi connectivity index (χ4v) is 7.26. The highest BCUT2D eigenvalue weighted by molar-refractivity contribution is 4.62. The molecule has 0 unspecified atom stereocenters. The van der Waals surface area contributed by atoms with Crippen molar-refractivity contribution in [3.05, 3.63) is 0 Å². The largest absolute Gasteiger partial charge is 0.0654 e. The molecule has 0 atom stereocenters. The van der Waals surface area contributed by atoms with Crippen LogP contribution in [0.15, 0.2) is 0 Å². The van der Waals surface area contributed by atoms with Gasteiger partial charge in [0.05, 0.1) is 0 Å². The molecule has 260 valence electrons. The highest BCUT2D eigenvalue weighted by Gasteiger charge is 2.09. The van der Waals surface area contributed by atoms with Crippen LogP contribution in [0.25, 0.3) is 0 Å². The Bertz CT molecular complexity index is 386. The van der Waals surface area contributed by atoms with Gasteiger partial charge in [-0.1, -0.05) is 271 Å². The molecule has 0 aromatic rings. The average molecular weight is 605 g/mol. The van der Waals surface area contributed by atoms with Crippen molar-refractivity contribution in [2.24, 2.45) is 5.92 Å². The van der Waals surface area contributed by atoms with Crippen molar-refractivity contribution in [2.45, 2.75) is 271 Å². The summed E-state index contributed by atoms with van der Waals surface area (Å²) < 4.78 is 0. The van der Waals surface area contributed by atoms with Gasteiger partial charge < -0.3 is 0 Å². The van der Waals surface area contributed by atoms with Crippen molar-refractivity contribution in [1.29, 1.82) is 0 Å². The molecular weight excluding hydrogens is 516 g/mol. The van der Waals surface area contributed by atoms with Crippen molar-refractivity contribution < 1.29 is 0 Å². The zero-order chi connectivity index (χ0) is 31.2. The Labute approximate surface area is 276 Å². The highest BCUT2D eigenvalue weighted by atomic mass is 14.1. The third kappa shape index (κ3) is 38.1. The molecule has 0 fully saturated rings. The van der Waals surface area contributed by atoms with E-state index < -0.39 is 0 Å². The summed E-state index contributed by atoms with van der Waals surface area (Å²) in [7, 11) is 0. The van der Waals surface area contributed by atoms with E-state index in [0.29, 0.717) is 0 Å². The van der Waals surface area contributed by atoms with Crippen molar-refractivity contribution in [3.8, 4) is 0 Å². The molecule has 0 heteroatoms. The Kier molecular flexibility index (Phi) is 40.0. The molecule has 0 aliphatic heterocycles. The van der Waals surface area contributed by atoms with Gasteiger partial charge in [0.1, 0.15) is 0 Å². The van der Waals surface area contributed by atoms with E-state index in [4.69, 9.17) is 0 Å². The maximum Gasteiger partial charge on any atom is -0.0414 e. The van der Waals surface area contributed by atoms with Gasteiger partial charge in [-0.05, 0) is 5.92 Å². The fourth-order valence-electron chi connectivity index (χ4n) is 7.26. The monoisotopic (exact) mass is 605 g/mol. The first-order chi connectivity index (χ1) is 21.3. The van der Waals surface area contributed by atoms with Crippen molar-refractivity contribution in [1.82, 2.24) is 0 Å². The molecule has 0 radical (unpaired) electrons. The Balaban J connectivity index is 3.90. The van der Waals surface area contributed by atoms with Gasteiger partial charge in [-0.15, -0.1) is 0 Å². The molecule has 43 heavy (non-hydrogen) atoms. The zero-order valence-corrected chi connectivity index (χ0v) is 31.2. The summed E-state index contributed by atoms with van der Waals surface area (Å²) in [6, 6.07) is 0. The van der Waals surface area contributed by atoms with Crippen LogP contribution in [0.4, 0.5) is 0 Å². The summed E-state index contributed by atoms with van der Waals surface area (Å²) in [4.78, 5) is 0. The Hall–Kier alpha value is 0. The predicted octanol–water partition coefficient (Wildman–Crippen LogP) is 16.9. The van der Waals surface area contributed by atoms with Gasteiger partial charge in [0.15, 0.2) is 0 Å². The number of unbranched alkanes of at least 4 members (excludes halogenated alkanes) is 33. The molecule has 0 N–H and O–H groups in total. The van der Waals surface area contributed by atoms with Crippen LogP contribution in [0.2, 0.25) is 0 Å². The second kappa shape index (κ2) is 40.0. The van der Waals surface area contributed by atoms with Crippen LogP contribution in [0.5, 0.6) is 0 Å². The van der Waals surface area contributed by atoms with Crippen LogP contribution in [0.1, 0.15) is 271 Å². The minimum atomic E-state index is 1.04. The lowest BCUT2D eigenvalue weighted by Gasteiger charge is -2.17. The number of hydrogen-bond donors (Lipinski definition) is 0. The Morgan fingerprint density at radius 3 is 0.488 bits per heavy atom. The minimum Gasteiger partial charge on any atom is -0.0654 e. The first-order valence-corrected chi connectivity index (χ1v) is 21.3. The maximum absolute atomic E-state index is 2.32. The zero-order valence-electron chi connectivity index (χ0n) is 31.2. The van der Waals surface area contributed by atoms with E-state index in [9.17, 15) is 0 Å². The van der Waals surface area contributed by atoms with Gasteiger partial charge in [0.2, 0.25) is 0 Å². The maximum atomic E-state index is 2.32. The van der Waals surface area contributed by atoms with E-state index in [1.165, 1.54) is 250 Å². The standard InChI is InChI=1S/C43H88/c1-4-7-10-13-16-19-22-25-28-31-34-37-40-43(41-38-35-32-29-26-23-20-17-14-11-8-5-2)42-39-36-33-30-27-24-21-18-15-12-9-6-3/h43H,4-42H2,1-3H3. The molecule has 0 spiro atoms. The summed E-state index contributed by atoms with van der Waals surface area (Å²) >= 11 is 0. The summed E-state index contributed by atoms with van der Waals surface area (Å²) in [5.41, 5.74) is 0. The summed E-state index contributed by atoms with van der Waals surface area (Å²) in [5, 5.41) is 0. The highest BCUT2D eigenvalue weighted by Crippen LogP contribution is 2.25. The molecule has 0 rings (SSSR count). The van der Waals surface area contributed by atoms with Gasteiger partial charge in [-0.25, -0.2) is 0 Å². The van der Waals surface area contributed by atoms with E-state index in [-0.39, 0.29) is 0 Å². The van der Waals surface area contributed by atoms with Gasteiger partial charge in [0, 0.05) is 0 Å². The Morgan fingerprint density at radius 1 is 0.186 bits per heavy atom. The lowest BCUT2D eigenvalue weighted by atomic mass is 9.89. The van der Waals surface area contributed by atoms with Crippen molar-refractivity contribution in [3.63, 3.8) is 0 Å². The van der Waals surface area contributed by atoms with E-state index in [1.54, 1.807) is 0 Å². The summed E-state index contributed by atoms with van der Waals surface area (Å²) in [5.74, 6) is 1.04. The molecule has 0 bridgehead atoms. The van der Waals surface area contributed by atoms with Gasteiger partial charge in [-0.3, -0.25) is 0 Å². The van der Waals surface area contributed by atoms with Crippen LogP contribution in [-0.4, -0.2) is 0 Å². The van der Waals surface area contributed by atoms with Crippen LogP contribution in [0.3, 0.4) is 0 Å². The summed E-state index contributed by atoms with van der Waals surface area (Å²) in [6.45, 7) is 6.96. The van der Waals surface area contributed by atoms with Crippen LogP contribution in [0, 0.1) is 5.92 Å². The van der Waals surface area contributed by atoms with E-state index in [1.807, 2.05) is 0 Å². The molecular formula is C43H88. The first kappa shape index (κ1) is 43.0. The third-order valence-electron chi connectivity index (χ3n) is 10.4. The molecule has 0 aromatic carbocycles. The minimum absolute atomic E-state index is 1.04. The van der Waals surface area contributed by atoms with Crippen LogP contribution < -0.4 is 0 Å². The molecule has 0 aliphatic rings. The molecule has 0 nitrogen and oxygen atoms in total. The molecule has 0 aromatic heterocycles. The average Bonchev–Trinajstić information content (AvgIpc) is 3.02. The summed E-state index contributed by atoms with van der Waals surface area (Å²) in [6.07, 6.45) is 57.8. The number of rotatable bonds is 39. The lowest BCUT2D eigenvalue weighted by Crippen LogP contribution is -2.01. The number of hydrogen-bond acceptors (Lipinski definition) is 0. The van der Waals surface area contributed by atoms with E-state index in [2.05, 4.69) is 20.8 Å². The van der Waals surface area contributed by atoms with Gasteiger partial charge in [-0.2, -0.15) is 0 Å². The fraction of sp³-hybridized carbons (Fsp3) is 1.00. The lowest BCUT2D eigenvalue weighted by molar-refractivity contribution is 0.365. The van der Waals surface area contributed by atoms with Crippen molar-refractivity contribution >= 4 is 0 Å². The first-order valence-electron chi connectivity index (χ1n) is 21.3. The molecule has 0 heterocycles. The molecule has 0 aliphatic carbocycles. The normalized spacial score (nSPS) is 11.7. The van der Waals surface area contributed by atoms with Gasteiger partial charge >= 0.3 is 0 Å². The molecule has 0 saturated carbocycles. The van der Waals surface area contributed by atoms with Crippen molar-refractivity contribution in [2.75, 3.05) is 0 Å². The molecule has 0 amide bonds. The second-order valence-corrected chi connectivity index (χ2v) is 14.9. The van der Waals surface area contributed by atoms with E-state index >= 15 is 0 Å².